The van der Waals surface area contributed by atoms with Gasteiger partial charge in [0, 0.05) is 0 Å². The molecule has 0 aromatic carbocycles. The van der Waals surface area contributed by atoms with Crippen LogP contribution >= 0.6 is 0 Å². The Balaban J connectivity index is 4.37. The first-order valence-electron chi connectivity index (χ1n) is 3.97. The molecule has 0 saturated heterocycles. The molecule has 0 rings (SSSR count). The van der Waals surface area contributed by atoms with E-state index in [4.69, 9.17) is 30.1 Å². The SMILES string of the molecule is O=S(=O)(O)C[C@H](O)[C@@H](O)[C@H](O)[C@H](O)CO. The molecule has 15 heavy (non-hydrogen) atoms. The molecule has 0 heterocycles. The van der Waals surface area contributed by atoms with Gasteiger partial charge in [0.1, 0.15) is 24.1 Å². The van der Waals surface area contributed by atoms with Crippen molar-refractivity contribution in [3.05, 3.63) is 0 Å². The number of hydrogen-bond donors (Lipinski definition) is 6. The minimum absolute atomic E-state index is 0.864. The predicted molar refractivity (Wildman–Crippen MR) is 47.5 cm³/mol. The number of rotatable bonds is 6. The molecule has 0 fully saturated rings. The van der Waals surface area contributed by atoms with Crippen LogP contribution in [0.5, 0.6) is 0 Å². The van der Waals surface area contributed by atoms with E-state index in [2.05, 4.69) is 0 Å². The first-order chi connectivity index (χ1) is 6.69. The highest BCUT2D eigenvalue weighted by atomic mass is 32.2. The summed E-state index contributed by atoms with van der Waals surface area (Å²) in [5.41, 5.74) is 0. The van der Waals surface area contributed by atoms with Gasteiger partial charge in [-0.25, -0.2) is 0 Å². The van der Waals surface area contributed by atoms with E-state index in [1.807, 2.05) is 0 Å². The normalized spacial score (nSPS) is 20.7. The lowest BCUT2D eigenvalue weighted by Gasteiger charge is -2.24. The zero-order valence-corrected chi connectivity index (χ0v) is 8.45. The van der Waals surface area contributed by atoms with Gasteiger partial charge in [0.05, 0.1) is 12.7 Å². The van der Waals surface area contributed by atoms with Crippen molar-refractivity contribution in [1.29, 1.82) is 0 Å². The molecule has 0 aromatic heterocycles. The van der Waals surface area contributed by atoms with Gasteiger partial charge in [-0.2, -0.15) is 8.42 Å². The van der Waals surface area contributed by atoms with E-state index in [1.165, 1.54) is 0 Å². The Hall–Kier alpha value is -0.290. The second-order valence-electron chi connectivity index (χ2n) is 3.05. The number of aliphatic hydroxyl groups is 5. The molecule has 0 aromatic rings. The van der Waals surface area contributed by atoms with Crippen LogP contribution in [-0.4, -0.2) is 75.3 Å². The Labute approximate surface area is 86.2 Å². The van der Waals surface area contributed by atoms with Crippen molar-refractivity contribution < 1.29 is 38.5 Å². The molecule has 0 bridgehead atoms. The summed E-state index contributed by atoms with van der Waals surface area (Å²) in [7, 11) is -4.50. The van der Waals surface area contributed by atoms with E-state index in [9.17, 15) is 8.42 Å². The van der Waals surface area contributed by atoms with Crippen LogP contribution in [0.3, 0.4) is 0 Å². The number of hydrogen-bond acceptors (Lipinski definition) is 7. The highest BCUT2D eigenvalue weighted by Gasteiger charge is 2.32. The largest absolute Gasteiger partial charge is 0.394 e. The van der Waals surface area contributed by atoms with E-state index in [-0.39, 0.29) is 0 Å². The molecular weight excluding hydrogens is 232 g/mol. The molecule has 4 atom stereocenters. The van der Waals surface area contributed by atoms with E-state index in [0.717, 1.165) is 0 Å². The van der Waals surface area contributed by atoms with E-state index >= 15 is 0 Å². The fraction of sp³-hybridized carbons (Fsp3) is 1.00. The lowest BCUT2D eigenvalue weighted by atomic mass is 10.0. The minimum Gasteiger partial charge on any atom is -0.394 e. The van der Waals surface area contributed by atoms with Gasteiger partial charge in [-0.05, 0) is 0 Å². The second kappa shape index (κ2) is 5.70. The molecule has 8 nitrogen and oxygen atoms in total. The Morgan fingerprint density at radius 1 is 0.933 bits per heavy atom. The van der Waals surface area contributed by atoms with Gasteiger partial charge in [-0.15, -0.1) is 0 Å². The summed E-state index contributed by atoms with van der Waals surface area (Å²) in [6.45, 7) is -0.864. The average Bonchev–Trinajstić information content (AvgIpc) is 2.11. The summed E-state index contributed by atoms with van der Waals surface area (Å²) in [4.78, 5) is 0. The first-order valence-corrected chi connectivity index (χ1v) is 5.58. The predicted octanol–water partition coefficient (Wildman–Crippen LogP) is -3.69. The van der Waals surface area contributed by atoms with Crippen LogP contribution < -0.4 is 0 Å². The maximum atomic E-state index is 10.3. The van der Waals surface area contributed by atoms with Crippen molar-refractivity contribution in [3.8, 4) is 0 Å². The third-order valence-electron chi connectivity index (χ3n) is 1.71. The van der Waals surface area contributed by atoms with Gasteiger partial charge in [0.25, 0.3) is 10.1 Å². The van der Waals surface area contributed by atoms with Crippen LogP contribution in [0.25, 0.3) is 0 Å². The lowest BCUT2D eigenvalue weighted by Crippen LogP contribution is -2.47. The summed E-state index contributed by atoms with van der Waals surface area (Å²) in [6.07, 6.45) is -7.58. The van der Waals surface area contributed by atoms with Crippen molar-refractivity contribution >= 4 is 10.1 Å². The summed E-state index contributed by atoms with van der Waals surface area (Å²) in [5, 5.41) is 44.4. The first kappa shape index (κ1) is 14.7. The molecule has 6 N–H and O–H groups in total. The third kappa shape index (κ3) is 5.37. The monoisotopic (exact) mass is 246 g/mol. The summed E-state index contributed by atoms with van der Waals surface area (Å²) in [6, 6.07) is 0. The van der Waals surface area contributed by atoms with Crippen molar-refractivity contribution in [2.45, 2.75) is 24.4 Å². The summed E-state index contributed by atoms with van der Waals surface area (Å²) < 4.78 is 28.9. The standard InChI is InChI=1S/C6H14O8S/c7-1-3(8)5(10)6(11)4(9)2-15(12,13)14/h3-11H,1-2H2,(H,12,13,14)/t3-,4+,5-,6-/m1/s1. The Kier molecular flexibility index (Phi) is 5.59. The fourth-order valence-corrected chi connectivity index (χ4v) is 1.51. The maximum absolute atomic E-state index is 10.3. The molecule has 0 aliphatic heterocycles. The van der Waals surface area contributed by atoms with Crippen molar-refractivity contribution in [3.63, 3.8) is 0 Å². The van der Waals surface area contributed by atoms with Gasteiger partial charge in [0.2, 0.25) is 0 Å². The Bertz CT molecular complexity index is 275. The van der Waals surface area contributed by atoms with Crippen LogP contribution in [0.1, 0.15) is 0 Å². The van der Waals surface area contributed by atoms with Crippen molar-refractivity contribution in [2.75, 3.05) is 12.4 Å². The van der Waals surface area contributed by atoms with Crippen LogP contribution in [0.15, 0.2) is 0 Å². The molecule has 0 aliphatic rings. The molecular formula is C6H14O8S. The molecule has 0 spiro atoms. The summed E-state index contributed by atoms with van der Waals surface area (Å²) in [5.74, 6) is -1.18. The minimum atomic E-state index is -4.50. The van der Waals surface area contributed by atoms with Crippen LogP contribution in [0, 0.1) is 0 Å². The van der Waals surface area contributed by atoms with Gasteiger partial charge >= 0.3 is 0 Å². The van der Waals surface area contributed by atoms with Crippen molar-refractivity contribution in [1.82, 2.24) is 0 Å². The Morgan fingerprint density at radius 2 is 1.33 bits per heavy atom. The van der Waals surface area contributed by atoms with E-state index in [0.29, 0.717) is 0 Å². The van der Waals surface area contributed by atoms with E-state index < -0.39 is 46.9 Å². The van der Waals surface area contributed by atoms with Gasteiger partial charge in [-0.1, -0.05) is 0 Å². The molecule has 0 aliphatic carbocycles. The maximum Gasteiger partial charge on any atom is 0.267 e. The number of aliphatic hydroxyl groups excluding tert-OH is 5. The molecule has 0 saturated carbocycles. The zero-order valence-electron chi connectivity index (χ0n) is 7.63. The average molecular weight is 246 g/mol. The van der Waals surface area contributed by atoms with E-state index in [1.54, 1.807) is 0 Å². The molecule has 92 valence electrons. The van der Waals surface area contributed by atoms with Crippen LogP contribution in [0.2, 0.25) is 0 Å². The smallest absolute Gasteiger partial charge is 0.267 e. The highest BCUT2D eigenvalue weighted by molar-refractivity contribution is 7.85. The van der Waals surface area contributed by atoms with Gasteiger partial charge in [0.15, 0.2) is 0 Å². The zero-order chi connectivity index (χ0) is 12.2. The van der Waals surface area contributed by atoms with Crippen LogP contribution in [0.4, 0.5) is 0 Å². The Morgan fingerprint density at radius 3 is 1.67 bits per heavy atom. The molecule has 0 radical (unpaired) electrons. The second-order valence-corrected chi connectivity index (χ2v) is 4.54. The lowest BCUT2D eigenvalue weighted by molar-refractivity contribution is -0.110. The third-order valence-corrected chi connectivity index (χ3v) is 2.47. The van der Waals surface area contributed by atoms with Gasteiger partial charge < -0.3 is 25.5 Å². The summed E-state index contributed by atoms with van der Waals surface area (Å²) >= 11 is 0. The topological polar surface area (TPSA) is 156 Å². The van der Waals surface area contributed by atoms with Crippen molar-refractivity contribution in [2.24, 2.45) is 0 Å². The fourth-order valence-electron chi connectivity index (χ4n) is 0.878. The molecule has 9 heteroatoms. The molecule has 0 amide bonds. The quantitative estimate of drug-likeness (QED) is 0.262. The van der Waals surface area contributed by atoms with Gasteiger partial charge in [-0.3, -0.25) is 4.55 Å². The molecule has 0 unspecified atom stereocenters. The highest BCUT2D eigenvalue weighted by Crippen LogP contribution is 2.06. The van der Waals surface area contributed by atoms with Crippen LogP contribution in [-0.2, 0) is 10.1 Å².